The van der Waals surface area contributed by atoms with E-state index >= 15 is 0 Å². The first kappa shape index (κ1) is 31.0. The second-order valence-electron chi connectivity index (χ2n) is 13.1. The highest BCUT2D eigenvalue weighted by Gasteiger charge is 2.49. The van der Waals surface area contributed by atoms with Crippen LogP contribution < -0.4 is 4.74 Å². The molecule has 1 N–H and O–H groups in total. The van der Waals surface area contributed by atoms with Gasteiger partial charge in [0.15, 0.2) is 11.6 Å². The van der Waals surface area contributed by atoms with Crippen LogP contribution in [0.5, 0.6) is 5.75 Å². The topological polar surface area (TPSA) is 83.9 Å². The van der Waals surface area contributed by atoms with E-state index in [0.717, 1.165) is 27.0 Å². The molecule has 0 amide bonds. The number of carboxylic acids is 1. The number of carbonyl (C=O) groups excluding carboxylic acids is 2. The lowest BCUT2D eigenvalue weighted by atomic mass is 9.63. The van der Waals surface area contributed by atoms with Crippen molar-refractivity contribution in [3.63, 3.8) is 0 Å². The maximum absolute atomic E-state index is 14.1. The van der Waals surface area contributed by atoms with E-state index in [0.29, 0.717) is 52.1 Å². The zero-order chi connectivity index (χ0) is 30.6. The maximum atomic E-state index is 14.1. The quantitative estimate of drug-likeness (QED) is 0.309. The number of aliphatic carboxylic acids is 1. The molecule has 0 atom stereocenters. The van der Waals surface area contributed by atoms with E-state index in [1.807, 2.05) is 35.2 Å². The number of carbonyl (C=O) groups is 3. The van der Waals surface area contributed by atoms with Crippen molar-refractivity contribution < 1.29 is 24.2 Å². The Labute approximate surface area is 268 Å². The normalized spacial score (nSPS) is 20.0. The molecule has 0 bridgehead atoms. The standard InChI is InChI=1S/C33H34Br2ClNO5/c1-32(2)13-23-29(25(38)15-32)28(30-24(37(23)9-8-27(40)41)14-33(3,4)16-26(30)39)21-11-19(34)12-22(35)31(21)42-17-18-6-5-7-20(36)10-18/h5-7,10-12,28H,8-9,13-17H2,1-4H3,(H,40,41). The van der Waals surface area contributed by atoms with E-state index in [1.165, 1.54) is 0 Å². The molecule has 6 nitrogen and oxygen atoms in total. The van der Waals surface area contributed by atoms with E-state index in [9.17, 15) is 19.5 Å². The van der Waals surface area contributed by atoms with Crippen LogP contribution in [0.1, 0.15) is 76.8 Å². The molecule has 3 aliphatic rings. The number of ketones is 2. The highest BCUT2D eigenvalue weighted by atomic mass is 79.9. The summed E-state index contributed by atoms with van der Waals surface area (Å²) in [6.45, 7) is 8.70. The molecule has 0 aromatic heterocycles. The van der Waals surface area contributed by atoms with Gasteiger partial charge in [-0.3, -0.25) is 14.4 Å². The maximum Gasteiger partial charge on any atom is 0.305 e. The summed E-state index contributed by atoms with van der Waals surface area (Å²) in [6.07, 6.45) is 1.78. The van der Waals surface area contributed by atoms with Crippen LogP contribution in [-0.2, 0) is 21.0 Å². The summed E-state index contributed by atoms with van der Waals surface area (Å²) in [7, 11) is 0. The van der Waals surface area contributed by atoms with Gasteiger partial charge in [-0.05, 0) is 69.4 Å². The van der Waals surface area contributed by atoms with Crippen LogP contribution in [0.25, 0.3) is 0 Å². The van der Waals surface area contributed by atoms with Gasteiger partial charge in [0.2, 0.25) is 0 Å². The van der Waals surface area contributed by atoms with Gasteiger partial charge in [-0.25, -0.2) is 0 Å². The SMILES string of the molecule is CC1(C)CC(=O)C2=C(C1)N(CCC(=O)O)C1=C(C(=O)CC(C)(C)C1)C2c1cc(Br)cc(Br)c1OCc1cccc(Cl)c1. The molecule has 0 saturated carbocycles. The van der Waals surface area contributed by atoms with Gasteiger partial charge in [0, 0.05) is 62.9 Å². The van der Waals surface area contributed by atoms with Crippen LogP contribution in [0.15, 0.2) is 67.9 Å². The van der Waals surface area contributed by atoms with E-state index in [1.54, 1.807) is 6.07 Å². The summed E-state index contributed by atoms with van der Waals surface area (Å²) >= 11 is 13.5. The number of hydrogen-bond acceptors (Lipinski definition) is 5. The minimum absolute atomic E-state index is 0.0207. The number of Topliss-reactive ketones (excluding diaryl/α,β-unsaturated/α-hetero) is 2. The number of benzene rings is 2. The molecular weight excluding hydrogens is 686 g/mol. The second-order valence-corrected chi connectivity index (χ2v) is 15.3. The minimum Gasteiger partial charge on any atom is -0.487 e. The number of rotatable bonds is 7. The summed E-state index contributed by atoms with van der Waals surface area (Å²) < 4.78 is 7.92. The predicted octanol–water partition coefficient (Wildman–Crippen LogP) is 8.60. The molecule has 42 heavy (non-hydrogen) atoms. The summed E-state index contributed by atoms with van der Waals surface area (Å²) in [5, 5.41) is 10.2. The first-order valence-electron chi connectivity index (χ1n) is 14.0. The third-order valence-corrected chi connectivity index (χ3v) is 9.47. The lowest BCUT2D eigenvalue weighted by Gasteiger charge is -2.49. The zero-order valence-electron chi connectivity index (χ0n) is 24.2. The lowest BCUT2D eigenvalue weighted by Crippen LogP contribution is -2.45. The molecule has 0 radical (unpaired) electrons. The molecule has 2 aromatic carbocycles. The second kappa shape index (κ2) is 11.6. The molecule has 5 rings (SSSR count). The van der Waals surface area contributed by atoms with Crippen molar-refractivity contribution in [1.29, 1.82) is 0 Å². The number of allylic oxidation sites excluding steroid dienone is 4. The van der Waals surface area contributed by atoms with Crippen LogP contribution in [0.2, 0.25) is 5.02 Å². The fourth-order valence-corrected chi connectivity index (χ4v) is 8.15. The third-order valence-electron chi connectivity index (χ3n) is 8.19. The Hall–Kier alpha value is -2.42. The Morgan fingerprint density at radius 1 is 0.976 bits per heavy atom. The molecule has 1 aliphatic heterocycles. The van der Waals surface area contributed by atoms with E-state index in [-0.39, 0.29) is 42.0 Å². The van der Waals surface area contributed by atoms with Crippen molar-refractivity contribution in [3.05, 3.63) is 84.0 Å². The van der Waals surface area contributed by atoms with Gasteiger partial charge in [0.05, 0.1) is 10.9 Å². The number of halogens is 3. The summed E-state index contributed by atoms with van der Waals surface area (Å²) in [5.41, 5.74) is 3.78. The smallest absolute Gasteiger partial charge is 0.305 e. The number of ether oxygens (including phenoxy) is 1. The Balaban J connectivity index is 1.74. The van der Waals surface area contributed by atoms with Gasteiger partial charge in [-0.15, -0.1) is 0 Å². The Morgan fingerprint density at radius 2 is 1.57 bits per heavy atom. The van der Waals surface area contributed by atoms with Crippen LogP contribution in [0, 0.1) is 10.8 Å². The van der Waals surface area contributed by atoms with Crippen molar-refractivity contribution in [3.8, 4) is 5.75 Å². The molecular formula is C33H34Br2ClNO5. The molecule has 1 heterocycles. The molecule has 0 unspecified atom stereocenters. The van der Waals surface area contributed by atoms with Gasteiger partial charge in [0.25, 0.3) is 0 Å². The van der Waals surface area contributed by atoms with E-state index in [2.05, 4.69) is 59.6 Å². The average molecular weight is 720 g/mol. The van der Waals surface area contributed by atoms with Gasteiger partial charge in [-0.2, -0.15) is 0 Å². The molecule has 0 spiro atoms. The Kier molecular flexibility index (Phi) is 8.56. The highest BCUT2D eigenvalue weighted by Crippen LogP contribution is 2.56. The third kappa shape index (κ3) is 6.27. The molecule has 9 heteroatoms. The van der Waals surface area contributed by atoms with Crippen molar-refractivity contribution in [2.45, 2.75) is 72.3 Å². The highest BCUT2D eigenvalue weighted by molar-refractivity contribution is 9.11. The first-order chi connectivity index (χ1) is 19.7. The van der Waals surface area contributed by atoms with Gasteiger partial charge >= 0.3 is 5.97 Å². The van der Waals surface area contributed by atoms with Crippen molar-refractivity contribution in [2.24, 2.45) is 10.8 Å². The van der Waals surface area contributed by atoms with Crippen LogP contribution in [0.3, 0.4) is 0 Å². The number of carboxylic acid groups (broad SMARTS) is 1. The van der Waals surface area contributed by atoms with Crippen LogP contribution in [-0.4, -0.2) is 34.1 Å². The number of nitrogens with zero attached hydrogens (tertiary/aromatic N) is 1. The summed E-state index contributed by atoms with van der Waals surface area (Å²) in [4.78, 5) is 41.9. The lowest BCUT2D eigenvalue weighted by molar-refractivity contribution is -0.137. The minimum atomic E-state index is -0.920. The Morgan fingerprint density at radius 3 is 2.12 bits per heavy atom. The number of hydrogen-bond donors (Lipinski definition) is 1. The fourth-order valence-electron chi connectivity index (χ4n) is 6.57. The average Bonchev–Trinajstić information content (AvgIpc) is 2.84. The largest absolute Gasteiger partial charge is 0.487 e. The van der Waals surface area contributed by atoms with Crippen molar-refractivity contribution >= 4 is 61.0 Å². The Bertz CT molecular complexity index is 1500. The van der Waals surface area contributed by atoms with Gasteiger partial charge < -0.3 is 14.7 Å². The zero-order valence-corrected chi connectivity index (χ0v) is 28.1. The van der Waals surface area contributed by atoms with Gasteiger partial charge in [0.1, 0.15) is 12.4 Å². The predicted molar refractivity (Wildman–Crippen MR) is 169 cm³/mol. The molecule has 0 saturated heterocycles. The van der Waals surface area contributed by atoms with Crippen LogP contribution in [0.4, 0.5) is 0 Å². The molecule has 2 aliphatic carbocycles. The molecule has 2 aromatic rings. The molecule has 222 valence electrons. The summed E-state index contributed by atoms with van der Waals surface area (Å²) in [5.74, 6) is -1.04. The molecule has 0 fully saturated rings. The van der Waals surface area contributed by atoms with Crippen molar-refractivity contribution in [1.82, 2.24) is 4.90 Å². The van der Waals surface area contributed by atoms with E-state index < -0.39 is 11.9 Å². The monoisotopic (exact) mass is 717 g/mol. The van der Waals surface area contributed by atoms with Gasteiger partial charge in [-0.1, -0.05) is 67.4 Å². The fraction of sp³-hybridized carbons (Fsp3) is 0.424. The van der Waals surface area contributed by atoms with Crippen molar-refractivity contribution in [2.75, 3.05) is 6.54 Å². The van der Waals surface area contributed by atoms with Crippen LogP contribution >= 0.6 is 43.5 Å². The summed E-state index contributed by atoms with van der Waals surface area (Å²) in [6, 6.07) is 11.3. The first-order valence-corrected chi connectivity index (χ1v) is 16.0. The van der Waals surface area contributed by atoms with E-state index in [4.69, 9.17) is 16.3 Å².